The number of amides is 1. The monoisotopic (exact) mass is 448 g/mol. The van der Waals surface area contributed by atoms with Crippen molar-refractivity contribution < 1.29 is 9.53 Å². The molecule has 2 aromatic heterocycles. The van der Waals surface area contributed by atoms with Gasteiger partial charge in [0.1, 0.15) is 12.0 Å². The van der Waals surface area contributed by atoms with Crippen LogP contribution in [-0.2, 0) is 11.2 Å². The van der Waals surface area contributed by atoms with Crippen molar-refractivity contribution in [1.29, 1.82) is 0 Å². The summed E-state index contributed by atoms with van der Waals surface area (Å²) in [5.74, 6) is -0.0204. The van der Waals surface area contributed by atoms with Crippen molar-refractivity contribution in [1.82, 2.24) is 19.9 Å². The molecule has 2 saturated heterocycles. The van der Waals surface area contributed by atoms with Crippen molar-refractivity contribution in [2.75, 3.05) is 19.7 Å². The van der Waals surface area contributed by atoms with Gasteiger partial charge in [-0.25, -0.2) is 15.0 Å². The van der Waals surface area contributed by atoms with Crippen LogP contribution in [0.25, 0.3) is 11.3 Å². The number of carbonyl (C=O) groups is 1. The van der Waals surface area contributed by atoms with E-state index in [1.54, 1.807) is 18.5 Å². The second kappa shape index (κ2) is 8.96. The van der Waals surface area contributed by atoms with Crippen molar-refractivity contribution in [2.24, 2.45) is 5.41 Å². The third-order valence-electron chi connectivity index (χ3n) is 6.57. The zero-order valence-corrected chi connectivity index (χ0v) is 18.5. The maximum absolute atomic E-state index is 13.1. The molecule has 2 aliphatic rings. The molecular formula is C25H25ClN4O2. The van der Waals surface area contributed by atoms with Gasteiger partial charge in [0.25, 0.3) is 5.91 Å². The summed E-state index contributed by atoms with van der Waals surface area (Å²) in [5.41, 5.74) is 3.34. The van der Waals surface area contributed by atoms with E-state index in [0.29, 0.717) is 11.4 Å². The first-order chi connectivity index (χ1) is 15.6. The fraction of sp³-hybridized carbons (Fsp3) is 0.360. The molecule has 6 nitrogen and oxygen atoms in total. The quantitative estimate of drug-likeness (QED) is 0.590. The Bertz CT molecular complexity index is 1100. The van der Waals surface area contributed by atoms with Crippen LogP contribution in [0.5, 0.6) is 0 Å². The van der Waals surface area contributed by atoms with E-state index in [4.69, 9.17) is 16.3 Å². The summed E-state index contributed by atoms with van der Waals surface area (Å²) in [5, 5.41) is 0.763. The molecule has 164 valence electrons. The van der Waals surface area contributed by atoms with Crippen molar-refractivity contribution in [3.8, 4) is 11.3 Å². The van der Waals surface area contributed by atoms with E-state index in [0.717, 1.165) is 56.0 Å². The smallest absolute Gasteiger partial charge is 0.272 e. The lowest BCUT2D eigenvalue weighted by Crippen LogP contribution is -2.43. The van der Waals surface area contributed by atoms with Gasteiger partial charge in [0.2, 0.25) is 0 Å². The largest absolute Gasteiger partial charge is 0.377 e. The zero-order valence-electron chi connectivity index (χ0n) is 17.8. The van der Waals surface area contributed by atoms with Gasteiger partial charge in [-0.2, -0.15) is 0 Å². The van der Waals surface area contributed by atoms with Crippen molar-refractivity contribution in [3.63, 3.8) is 0 Å². The molecule has 0 aliphatic carbocycles. The van der Waals surface area contributed by atoms with Gasteiger partial charge in [0.05, 0.1) is 18.4 Å². The predicted octanol–water partition coefficient (Wildman–Crippen LogP) is 4.45. The molecule has 2 aliphatic heterocycles. The Labute approximate surface area is 192 Å². The maximum atomic E-state index is 13.1. The molecule has 0 N–H and O–H groups in total. The number of benzene rings is 1. The first-order valence-electron chi connectivity index (χ1n) is 11.0. The first kappa shape index (κ1) is 21.0. The topological polar surface area (TPSA) is 68.2 Å². The Balaban J connectivity index is 1.20. The second-order valence-electron chi connectivity index (χ2n) is 8.80. The third kappa shape index (κ3) is 4.52. The number of hydrogen-bond acceptors (Lipinski definition) is 5. The molecule has 1 amide bonds. The number of piperidine rings is 1. The number of halogens is 1. The summed E-state index contributed by atoms with van der Waals surface area (Å²) in [6, 6.07) is 13.5. The summed E-state index contributed by atoms with van der Waals surface area (Å²) in [6.07, 6.45) is 8.92. The Hall–Kier alpha value is -2.83. The summed E-state index contributed by atoms with van der Waals surface area (Å²) in [4.78, 5) is 27.7. The molecule has 1 unspecified atom stereocenters. The predicted molar refractivity (Wildman–Crippen MR) is 122 cm³/mol. The summed E-state index contributed by atoms with van der Waals surface area (Å²) in [7, 11) is 0. The third-order valence-corrected chi connectivity index (χ3v) is 6.81. The molecule has 0 saturated carbocycles. The number of nitrogens with zero attached hydrogens (tertiary/aromatic N) is 4. The van der Waals surface area contributed by atoms with E-state index >= 15 is 0 Å². The molecule has 0 bridgehead atoms. The zero-order chi connectivity index (χ0) is 22.0. The average molecular weight is 449 g/mol. The van der Waals surface area contributed by atoms with Crippen LogP contribution in [0.15, 0.2) is 61.2 Å². The first-order valence-corrected chi connectivity index (χ1v) is 11.4. The highest BCUT2D eigenvalue weighted by atomic mass is 35.5. The second-order valence-corrected chi connectivity index (χ2v) is 9.24. The Morgan fingerprint density at radius 1 is 1.12 bits per heavy atom. The van der Waals surface area contributed by atoms with E-state index in [1.807, 2.05) is 35.2 Å². The molecule has 3 aromatic rings. The lowest BCUT2D eigenvalue weighted by atomic mass is 9.76. The molecule has 2 fully saturated rings. The average Bonchev–Trinajstić information content (AvgIpc) is 3.21. The van der Waals surface area contributed by atoms with Crippen LogP contribution in [0.1, 0.15) is 35.3 Å². The van der Waals surface area contributed by atoms with Gasteiger partial charge in [-0.05, 0) is 60.9 Å². The number of hydrogen-bond donors (Lipinski definition) is 0. The van der Waals surface area contributed by atoms with Crippen molar-refractivity contribution in [2.45, 2.75) is 31.8 Å². The molecule has 5 rings (SSSR count). The van der Waals surface area contributed by atoms with Gasteiger partial charge >= 0.3 is 0 Å². The number of carbonyl (C=O) groups excluding carboxylic acids is 1. The molecule has 1 spiro atoms. The van der Waals surface area contributed by atoms with Crippen LogP contribution in [0.3, 0.4) is 0 Å². The van der Waals surface area contributed by atoms with Gasteiger partial charge < -0.3 is 9.64 Å². The Morgan fingerprint density at radius 2 is 1.91 bits per heavy atom. The SMILES string of the molecule is O=C(c1cccc(-c2cncnc2)n1)N1CCC2(CC1)COC(Cc1cccc(Cl)c1)C2. The van der Waals surface area contributed by atoms with E-state index in [2.05, 4.69) is 21.0 Å². The van der Waals surface area contributed by atoms with Crippen LogP contribution in [0, 0.1) is 5.41 Å². The Morgan fingerprint density at radius 3 is 2.69 bits per heavy atom. The summed E-state index contributed by atoms with van der Waals surface area (Å²) in [6.45, 7) is 2.22. The summed E-state index contributed by atoms with van der Waals surface area (Å²) >= 11 is 6.12. The van der Waals surface area contributed by atoms with Crippen LogP contribution in [0.4, 0.5) is 0 Å². The lowest BCUT2D eigenvalue weighted by Gasteiger charge is -2.38. The lowest BCUT2D eigenvalue weighted by molar-refractivity contribution is 0.0492. The maximum Gasteiger partial charge on any atom is 0.272 e. The molecule has 32 heavy (non-hydrogen) atoms. The van der Waals surface area contributed by atoms with Gasteiger partial charge in [-0.3, -0.25) is 4.79 Å². The van der Waals surface area contributed by atoms with E-state index in [9.17, 15) is 4.79 Å². The summed E-state index contributed by atoms with van der Waals surface area (Å²) < 4.78 is 6.16. The highest BCUT2D eigenvalue weighted by Crippen LogP contribution is 2.43. The molecular weight excluding hydrogens is 424 g/mol. The van der Waals surface area contributed by atoms with E-state index in [-0.39, 0.29) is 17.4 Å². The molecule has 4 heterocycles. The number of pyridine rings is 1. The highest BCUT2D eigenvalue weighted by molar-refractivity contribution is 6.30. The van der Waals surface area contributed by atoms with Gasteiger partial charge in [-0.15, -0.1) is 0 Å². The highest BCUT2D eigenvalue weighted by Gasteiger charge is 2.43. The normalized spacial score (nSPS) is 19.9. The number of aromatic nitrogens is 3. The van der Waals surface area contributed by atoms with Crippen LogP contribution < -0.4 is 0 Å². The molecule has 1 atom stereocenters. The van der Waals surface area contributed by atoms with Crippen molar-refractivity contribution in [3.05, 3.63) is 77.5 Å². The number of likely N-dealkylation sites (tertiary alicyclic amines) is 1. The minimum Gasteiger partial charge on any atom is -0.377 e. The van der Waals surface area contributed by atoms with Crippen molar-refractivity contribution >= 4 is 17.5 Å². The Kier molecular flexibility index (Phi) is 5.89. The minimum atomic E-state index is -0.0204. The van der Waals surface area contributed by atoms with E-state index < -0.39 is 0 Å². The standard InChI is InChI=1S/C25H25ClN4O2/c26-20-4-1-3-18(11-20)12-21-13-25(16-32-21)7-9-30(10-8-25)24(31)23-6-2-5-22(29-23)19-14-27-17-28-15-19/h1-6,11,14-15,17,21H,7-10,12-13,16H2. The fourth-order valence-electron chi connectivity index (χ4n) is 4.79. The number of rotatable bonds is 4. The van der Waals surface area contributed by atoms with Crippen LogP contribution in [-0.4, -0.2) is 51.6 Å². The van der Waals surface area contributed by atoms with E-state index in [1.165, 1.54) is 11.9 Å². The van der Waals surface area contributed by atoms with Gasteiger partial charge in [-0.1, -0.05) is 29.8 Å². The molecule has 7 heteroatoms. The minimum absolute atomic E-state index is 0.0204. The van der Waals surface area contributed by atoms with Crippen LogP contribution in [0.2, 0.25) is 5.02 Å². The van der Waals surface area contributed by atoms with Gasteiger partial charge in [0.15, 0.2) is 0 Å². The molecule has 1 aromatic carbocycles. The van der Waals surface area contributed by atoms with Gasteiger partial charge in [0, 0.05) is 36.1 Å². The molecule has 0 radical (unpaired) electrons. The number of ether oxygens (including phenoxy) is 1. The van der Waals surface area contributed by atoms with Crippen LogP contribution >= 0.6 is 11.6 Å². The fourth-order valence-corrected chi connectivity index (χ4v) is 5.01.